The largest absolute Gasteiger partial charge is 0.484 e. The minimum Gasteiger partial charge on any atom is -0.484 e. The predicted molar refractivity (Wildman–Crippen MR) is 67.5 cm³/mol. The summed E-state index contributed by atoms with van der Waals surface area (Å²) < 4.78 is 18.8. The van der Waals surface area contributed by atoms with Crippen LogP contribution in [0.4, 0.5) is 10.1 Å². The zero-order chi connectivity index (χ0) is 13.0. The van der Waals surface area contributed by atoms with Crippen LogP contribution in [0.5, 0.6) is 5.75 Å². The van der Waals surface area contributed by atoms with E-state index >= 15 is 0 Å². The Morgan fingerprint density at radius 1 is 1.06 bits per heavy atom. The highest BCUT2D eigenvalue weighted by molar-refractivity contribution is 5.52. The lowest BCUT2D eigenvalue weighted by Gasteiger charge is -2.09. The molecule has 0 unspecified atom stereocenters. The number of benzene rings is 2. The molecule has 0 radical (unpaired) electrons. The van der Waals surface area contributed by atoms with Gasteiger partial charge in [-0.25, -0.2) is 4.39 Å². The summed E-state index contributed by atoms with van der Waals surface area (Å²) in [6.07, 6.45) is 0. The van der Waals surface area contributed by atoms with E-state index in [1.165, 1.54) is 12.1 Å². The molecule has 0 saturated heterocycles. The van der Waals surface area contributed by atoms with Crippen LogP contribution in [0.2, 0.25) is 0 Å². The summed E-state index contributed by atoms with van der Waals surface area (Å²) in [6, 6.07) is 11.7. The van der Waals surface area contributed by atoms with Crippen molar-refractivity contribution in [2.45, 2.75) is 13.2 Å². The van der Waals surface area contributed by atoms with Crippen LogP contribution in [0.1, 0.15) is 11.1 Å². The van der Waals surface area contributed by atoms with Crippen LogP contribution in [0.25, 0.3) is 0 Å². The average molecular weight is 247 g/mol. The molecule has 0 amide bonds. The Morgan fingerprint density at radius 3 is 2.33 bits per heavy atom. The summed E-state index contributed by atoms with van der Waals surface area (Å²) in [6.45, 7) is 0.234. The number of aliphatic hydroxyl groups is 1. The van der Waals surface area contributed by atoms with Crippen LogP contribution >= 0.6 is 0 Å². The van der Waals surface area contributed by atoms with E-state index in [1.54, 1.807) is 18.2 Å². The molecule has 0 spiro atoms. The Kier molecular flexibility index (Phi) is 3.79. The number of aliphatic hydroxyl groups excluding tert-OH is 1. The Labute approximate surface area is 105 Å². The number of halogens is 1. The zero-order valence-electron chi connectivity index (χ0n) is 9.77. The first-order valence-corrected chi connectivity index (χ1v) is 5.56. The van der Waals surface area contributed by atoms with Crippen molar-refractivity contribution in [1.29, 1.82) is 0 Å². The molecule has 2 rings (SSSR count). The first-order chi connectivity index (χ1) is 8.70. The maximum absolute atomic E-state index is 13.4. The Bertz CT molecular complexity index is 506. The number of hydrogen-bond donors (Lipinski definition) is 2. The lowest BCUT2D eigenvalue weighted by Crippen LogP contribution is -2.01. The van der Waals surface area contributed by atoms with Crippen molar-refractivity contribution in [3.05, 3.63) is 59.4 Å². The standard InChI is InChI=1S/C14H14FNO2/c15-12-2-1-3-13(16)14(12)18-9-11-6-4-10(8-17)5-7-11/h1-7,17H,8-9,16H2. The normalized spacial score (nSPS) is 10.3. The quantitative estimate of drug-likeness (QED) is 0.816. The van der Waals surface area contributed by atoms with Gasteiger partial charge in [0.2, 0.25) is 0 Å². The van der Waals surface area contributed by atoms with Crippen molar-refractivity contribution in [2.75, 3.05) is 5.73 Å². The van der Waals surface area contributed by atoms with Crippen molar-refractivity contribution < 1.29 is 14.2 Å². The third kappa shape index (κ3) is 2.78. The Morgan fingerprint density at radius 2 is 1.72 bits per heavy atom. The summed E-state index contributed by atoms with van der Waals surface area (Å²) in [5.41, 5.74) is 7.62. The van der Waals surface area contributed by atoms with E-state index in [0.29, 0.717) is 0 Å². The van der Waals surface area contributed by atoms with Crippen LogP contribution < -0.4 is 10.5 Å². The number of hydrogen-bond acceptors (Lipinski definition) is 3. The van der Waals surface area contributed by atoms with Crippen LogP contribution in [0.15, 0.2) is 42.5 Å². The summed E-state index contributed by atoms with van der Waals surface area (Å²) in [4.78, 5) is 0. The first-order valence-electron chi connectivity index (χ1n) is 5.56. The van der Waals surface area contributed by atoms with Crippen molar-refractivity contribution >= 4 is 5.69 Å². The van der Waals surface area contributed by atoms with E-state index in [4.69, 9.17) is 15.6 Å². The van der Waals surface area contributed by atoms with Gasteiger partial charge in [0.1, 0.15) is 6.61 Å². The van der Waals surface area contributed by atoms with Crippen LogP contribution in [0, 0.1) is 5.82 Å². The molecule has 0 aromatic heterocycles. The summed E-state index contributed by atoms with van der Waals surface area (Å²) in [5.74, 6) is -0.397. The van der Waals surface area contributed by atoms with E-state index in [0.717, 1.165) is 11.1 Å². The number of rotatable bonds is 4. The van der Waals surface area contributed by atoms with Crippen molar-refractivity contribution in [3.63, 3.8) is 0 Å². The molecule has 0 aliphatic heterocycles. The molecule has 94 valence electrons. The van der Waals surface area contributed by atoms with Gasteiger partial charge < -0.3 is 15.6 Å². The smallest absolute Gasteiger partial charge is 0.178 e. The first kappa shape index (κ1) is 12.4. The number of nitrogen functional groups attached to an aromatic ring is 1. The van der Waals surface area contributed by atoms with Gasteiger partial charge in [-0.15, -0.1) is 0 Å². The summed E-state index contributed by atoms with van der Waals surface area (Å²) in [5, 5.41) is 8.91. The lowest BCUT2D eigenvalue weighted by molar-refractivity contribution is 0.281. The Balaban J connectivity index is 2.06. The molecule has 0 bridgehead atoms. The molecule has 0 aliphatic rings. The fourth-order valence-corrected chi connectivity index (χ4v) is 1.57. The minimum absolute atomic E-state index is 0.00139. The van der Waals surface area contributed by atoms with Gasteiger partial charge in [-0.05, 0) is 23.3 Å². The fraction of sp³-hybridized carbons (Fsp3) is 0.143. The second kappa shape index (κ2) is 5.51. The van der Waals surface area contributed by atoms with Gasteiger partial charge in [0.25, 0.3) is 0 Å². The number of ether oxygens (including phenoxy) is 1. The van der Waals surface area contributed by atoms with Crippen molar-refractivity contribution in [2.24, 2.45) is 0 Å². The maximum Gasteiger partial charge on any atom is 0.178 e. The summed E-state index contributed by atoms with van der Waals surface area (Å²) in [7, 11) is 0. The van der Waals surface area contributed by atoms with Crippen molar-refractivity contribution in [1.82, 2.24) is 0 Å². The highest BCUT2D eigenvalue weighted by Crippen LogP contribution is 2.25. The molecule has 0 aliphatic carbocycles. The molecule has 3 N–H and O–H groups in total. The SMILES string of the molecule is Nc1cccc(F)c1OCc1ccc(CO)cc1. The van der Waals surface area contributed by atoms with E-state index in [-0.39, 0.29) is 24.7 Å². The number of nitrogens with two attached hydrogens (primary N) is 1. The second-order valence-corrected chi connectivity index (χ2v) is 3.92. The Hall–Kier alpha value is -2.07. The zero-order valence-corrected chi connectivity index (χ0v) is 9.77. The van der Waals surface area contributed by atoms with E-state index in [1.807, 2.05) is 12.1 Å². The molecule has 3 nitrogen and oxygen atoms in total. The van der Waals surface area contributed by atoms with E-state index in [2.05, 4.69) is 0 Å². The van der Waals surface area contributed by atoms with Gasteiger partial charge >= 0.3 is 0 Å². The maximum atomic E-state index is 13.4. The number of para-hydroxylation sites is 1. The van der Waals surface area contributed by atoms with Crippen molar-refractivity contribution in [3.8, 4) is 5.75 Å². The molecule has 2 aromatic carbocycles. The molecule has 0 atom stereocenters. The van der Waals surface area contributed by atoms with Gasteiger partial charge in [0, 0.05) is 0 Å². The molecular formula is C14H14FNO2. The lowest BCUT2D eigenvalue weighted by atomic mass is 10.1. The molecular weight excluding hydrogens is 233 g/mol. The minimum atomic E-state index is -0.470. The molecule has 2 aromatic rings. The van der Waals surface area contributed by atoms with Gasteiger partial charge in [0.15, 0.2) is 11.6 Å². The third-order valence-corrected chi connectivity index (χ3v) is 2.59. The highest BCUT2D eigenvalue weighted by Gasteiger charge is 2.07. The molecule has 0 saturated carbocycles. The predicted octanol–water partition coefficient (Wildman–Crippen LogP) is 2.48. The molecule has 4 heteroatoms. The highest BCUT2D eigenvalue weighted by atomic mass is 19.1. The van der Waals surface area contributed by atoms with Crippen LogP contribution in [0.3, 0.4) is 0 Å². The summed E-state index contributed by atoms with van der Waals surface area (Å²) >= 11 is 0. The topological polar surface area (TPSA) is 55.5 Å². The molecule has 18 heavy (non-hydrogen) atoms. The van der Waals surface area contributed by atoms with Gasteiger partial charge in [-0.1, -0.05) is 30.3 Å². The van der Waals surface area contributed by atoms with Gasteiger partial charge in [-0.3, -0.25) is 0 Å². The third-order valence-electron chi connectivity index (χ3n) is 2.59. The second-order valence-electron chi connectivity index (χ2n) is 3.92. The number of anilines is 1. The monoisotopic (exact) mass is 247 g/mol. The molecule has 0 heterocycles. The molecule has 0 fully saturated rings. The average Bonchev–Trinajstić information content (AvgIpc) is 2.39. The van der Waals surface area contributed by atoms with Crippen LogP contribution in [-0.4, -0.2) is 5.11 Å². The van der Waals surface area contributed by atoms with E-state index < -0.39 is 5.82 Å². The van der Waals surface area contributed by atoms with Gasteiger partial charge in [-0.2, -0.15) is 0 Å². The fourth-order valence-electron chi connectivity index (χ4n) is 1.57. The van der Waals surface area contributed by atoms with Crippen LogP contribution in [-0.2, 0) is 13.2 Å². The van der Waals surface area contributed by atoms with Gasteiger partial charge in [0.05, 0.1) is 12.3 Å². The van der Waals surface area contributed by atoms with E-state index in [9.17, 15) is 4.39 Å².